The summed E-state index contributed by atoms with van der Waals surface area (Å²) in [4.78, 5) is 24.3. The van der Waals surface area contributed by atoms with E-state index in [-0.39, 0.29) is 12.0 Å². The number of nitrogens with zero attached hydrogens (tertiary/aromatic N) is 1. The van der Waals surface area contributed by atoms with Crippen molar-refractivity contribution in [2.75, 3.05) is 13.2 Å². The van der Waals surface area contributed by atoms with Crippen LogP contribution in [0.1, 0.15) is 32.1 Å². The van der Waals surface area contributed by atoms with Crippen LogP contribution in [0, 0.1) is 0 Å². The fourth-order valence-corrected chi connectivity index (χ4v) is 2.44. The number of ether oxygens (including phenoxy) is 1. The average Bonchev–Trinajstić information content (AvgIpc) is 2.86. The Kier molecular flexibility index (Phi) is 3.43. The smallest absolute Gasteiger partial charge is 0.326 e. The Morgan fingerprint density at radius 3 is 2.75 bits per heavy atom. The Morgan fingerprint density at radius 2 is 2.12 bits per heavy atom. The van der Waals surface area contributed by atoms with Crippen LogP contribution in [-0.4, -0.2) is 47.2 Å². The third-order valence-electron chi connectivity index (χ3n) is 3.28. The van der Waals surface area contributed by atoms with E-state index in [4.69, 9.17) is 9.84 Å². The van der Waals surface area contributed by atoms with Gasteiger partial charge in [0.2, 0.25) is 5.91 Å². The van der Waals surface area contributed by atoms with E-state index in [0.717, 1.165) is 25.9 Å². The molecule has 2 saturated heterocycles. The zero-order valence-corrected chi connectivity index (χ0v) is 9.22. The lowest BCUT2D eigenvalue weighted by molar-refractivity contribution is -0.149. The summed E-state index contributed by atoms with van der Waals surface area (Å²) in [6.45, 7) is 1.29. The van der Waals surface area contributed by atoms with Crippen molar-refractivity contribution in [1.29, 1.82) is 0 Å². The van der Waals surface area contributed by atoms with Crippen molar-refractivity contribution >= 4 is 11.9 Å². The second-order valence-corrected chi connectivity index (χ2v) is 4.42. The van der Waals surface area contributed by atoms with Crippen LogP contribution in [0.2, 0.25) is 0 Å². The first-order valence-corrected chi connectivity index (χ1v) is 5.82. The van der Waals surface area contributed by atoms with Gasteiger partial charge in [0, 0.05) is 13.2 Å². The van der Waals surface area contributed by atoms with E-state index in [1.54, 1.807) is 0 Å². The van der Waals surface area contributed by atoms with Crippen molar-refractivity contribution in [3.8, 4) is 0 Å². The van der Waals surface area contributed by atoms with Gasteiger partial charge in [0.25, 0.3) is 0 Å². The number of carbonyl (C=O) groups is 2. The first-order chi connectivity index (χ1) is 7.68. The fraction of sp³-hybridized carbons (Fsp3) is 0.818. The number of hydrogen-bond acceptors (Lipinski definition) is 3. The Labute approximate surface area is 94.4 Å². The molecular formula is C11H17NO4. The molecule has 5 nitrogen and oxygen atoms in total. The maximum absolute atomic E-state index is 11.9. The molecule has 2 heterocycles. The molecule has 16 heavy (non-hydrogen) atoms. The minimum absolute atomic E-state index is 0.00236. The van der Waals surface area contributed by atoms with Crippen molar-refractivity contribution in [2.45, 2.75) is 44.2 Å². The molecule has 1 amide bonds. The van der Waals surface area contributed by atoms with Gasteiger partial charge in [0.05, 0.1) is 12.5 Å². The number of hydrogen-bond donors (Lipinski definition) is 1. The van der Waals surface area contributed by atoms with Crippen LogP contribution in [0.15, 0.2) is 0 Å². The van der Waals surface area contributed by atoms with Crippen molar-refractivity contribution < 1.29 is 19.4 Å². The normalized spacial score (nSPS) is 29.6. The summed E-state index contributed by atoms with van der Waals surface area (Å²) < 4.78 is 5.38. The predicted molar refractivity (Wildman–Crippen MR) is 56.0 cm³/mol. The topological polar surface area (TPSA) is 66.8 Å². The maximum Gasteiger partial charge on any atom is 0.326 e. The Hall–Kier alpha value is -1.10. The van der Waals surface area contributed by atoms with Crippen LogP contribution in [0.3, 0.4) is 0 Å². The lowest BCUT2D eigenvalue weighted by atomic mass is 10.1. The minimum Gasteiger partial charge on any atom is -0.480 e. The van der Waals surface area contributed by atoms with Crippen molar-refractivity contribution in [3.05, 3.63) is 0 Å². The highest BCUT2D eigenvalue weighted by molar-refractivity contribution is 5.84. The summed E-state index contributed by atoms with van der Waals surface area (Å²) in [5, 5.41) is 8.97. The molecular weight excluding hydrogens is 210 g/mol. The van der Waals surface area contributed by atoms with Gasteiger partial charge in [-0.3, -0.25) is 4.79 Å². The summed E-state index contributed by atoms with van der Waals surface area (Å²) in [6.07, 6.45) is 3.62. The first-order valence-electron chi connectivity index (χ1n) is 5.82. The molecule has 2 aliphatic rings. The number of rotatable bonds is 3. The SMILES string of the molecule is O=C(O)[C@@H]1CCCN1C(=O)CC1CCCO1. The van der Waals surface area contributed by atoms with Crippen molar-refractivity contribution in [1.82, 2.24) is 4.90 Å². The molecule has 2 fully saturated rings. The molecule has 0 aromatic rings. The van der Waals surface area contributed by atoms with E-state index in [2.05, 4.69) is 0 Å². The molecule has 1 unspecified atom stereocenters. The largest absolute Gasteiger partial charge is 0.480 e. The van der Waals surface area contributed by atoms with Crippen LogP contribution in [-0.2, 0) is 14.3 Å². The Bertz CT molecular complexity index is 286. The van der Waals surface area contributed by atoms with Crippen molar-refractivity contribution in [3.63, 3.8) is 0 Å². The molecule has 0 bridgehead atoms. The maximum atomic E-state index is 11.9. The highest BCUT2D eigenvalue weighted by Crippen LogP contribution is 2.22. The van der Waals surface area contributed by atoms with Gasteiger partial charge >= 0.3 is 5.97 Å². The standard InChI is InChI=1S/C11H17NO4/c13-10(7-8-3-2-6-16-8)12-5-1-4-9(12)11(14)15/h8-9H,1-7H2,(H,14,15)/t8?,9-/m0/s1. The van der Waals surface area contributed by atoms with E-state index in [1.165, 1.54) is 4.90 Å². The molecule has 0 aliphatic carbocycles. The molecule has 90 valence electrons. The Balaban J connectivity index is 1.90. The van der Waals surface area contributed by atoms with Gasteiger partial charge < -0.3 is 14.7 Å². The van der Waals surface area contributed by atoms with Gasteiger partial charge in [0.1, 0.15) is 6.04 Å². The molecule has 0 spiro atoms. The molecule has 0 aromatic heterocycles. The minimum atomic E-state index is -0.891. The second kappa shape index (κ2) is 4.82. The molecule has 2 aliphatic heterocycles. The van der Waals surface area contributed by atoms with E-state index >= 15 is 0 Å². The summed E-state index contributed by atoms with van der Waals surface area (Å²) in [5.74, 6) is -0.963. The highest BCUT2D eigenvalue weighted by atomic mass is 16.5. The number of likely N-dealkylation sites (tertiary alicyclic amines) is 1. The molecule has 0 aromatic carbocycles. The molecule has 2 rings (SSSR count). The molecule has 5 heteroatoms. The summed E-state index contributed by atoms with van der Waals surface area (Å²) in [5.41, 5.74) is 0. The second-order valence-electron chi connectivity index (χ2n) is 4.42. The fourth-order valence-electron chi connectivity index (χ4n) is 2.44. The number of carboxylic acid groups (broad SMARTS) is 1. The lowest BCUT2D eigenvalue weighted by Gasteiger charge is -2.22. The molecule has 2 atom stereocenters. The van der Waals surface area contributed by atoms with Crippen LogP contribution in [0.5, 0.6) is 0 Å². The zero-order valence-electron chi connectivity index (χ0n) is 9.22. The lowest BCUT2D eigenvalue weighted by Crippen LogP contribution is -2.41. The van der Waals surface area contributed by atoms with E-state index in [1.807, 2.05) is 0 Å². The molecule has 0 radical (unpaired) electrons. The van der Waals surface area contributed by atoms with Gasteiger partial charge in [-0.05, 0) is 25.7 Å². The van der Waals surface area contributed by atoms with Crippen LogP contribution in [0.4, 0.5) is 0 Å². The van der Waals surface area contributed by atoms with E-state index in [0.29, 0.717) is 19.4 Å². The van der Waals surface area contributed by atoms with Gasteiger partial charge in [-0.25, -0.2) is 4.79 Å². The molecule has 1 N–H and O–H groups in total. The van der Waals surface area contributed by atoms with Crippen LogP contribution >= 0.6 is 0 Å². The van der Waals surface area contributed by atoms with Crippen LogP contribution < -0.4 is 0 Å². The van der Waals surface area contributed by atoms with Gasteiger partial charge in [0.15, 0.2) is 0 Å². The van der Waals surface area contributed by atoms with E-state index < -0.39 is 12.0 Å². The monoisotopic (exact) mass is 227 g/mol. The zero-order chi connectivity index (χ0) is 11.5. The first kappa shape index (κ1) is 11.4. The predicted octanol–water partition coefficient (Wildman–Crippen LogP) is 0.631. The van der Waals surface area contributed by atoms with Crippen LogP contribution in [0.25, 0.3) is 0 Å². The third-order valence-corrected chi connectivity index (χ3v) is 3.28. The summed E-state index contributed by atoms with van der Waals surface area (Å²) in [6, 6.07) is -0.617. The van der Waals surface area contributed by atoms with Gasteiger partial charge in [-0.15, -0.1) is 0 Å². The molecule has 0 saturated carbocycles. The number of carboxylic acids is 1. The third kappa shape index (κ3) is 2.35. The number of aliphatic carboxylic acids is 1. The quantitative estimate of drug-likeness (QED) is 0.768. The summed E-state index contributed by atoms with van der Waals surface area (Å²) in [7, 11) is 0. The van der Waals surface area contributed by atoms with Gasteiger partial charge in [-0.2, -0.15) is 0 Å². The number of amides is 1. The van der Waals surface area contributed by atoms with Crippen molar-refractivity contribution in [2.24, 2.45) is 0 Å². The van der Waals surface area contributed by atoms with E-state index in [9.17, 15) is 9.59 Å². The Morgan fingerprint density at radius 1 is 1.31 bits per heavy atom. The summed E-state index contributed by atoms with van der Waals surface area (Å²) >= 11 is 0. The highest BCUT2D eigenvalue weighted by Gasteiger charge is 2.35. The average molecular weight is 227 g/mol. The number of carbonyl (C=O) groups excluding carboxylic acids is 1. The van der Waals surface area contributed by atoms with Gasteiger partial charge in [-0.1, -0.05) is 0 Å².